The highest BCUT2D eigenvalue weighted by Gasteiger charge is 2.21. The minimum absolute atomic E-state index is 0.0806. The zero-order valence-electron chi connectivity index (χ0n) is 9.35. The van der Waals surface area contributed by atoms with Crippen LogP contribution >= 0.6 is 0 Å². The molecule has 1 aromatic rings. The average Bonchev–Trinajstić information content (AvgIpc) is 2.78. The van der Waals surface area contributed by atoms with Crippen LogP contribution in [0.5, 0.6) is 0 Å². The van der Waals surface area contributed by atoms with Crippen LogP contribution in [-0.2, 0) is 11.2 Å². The van der Waals surface area contributed by atoms with Gasteiger partial charge in [0.2, 0.25) is 5.89 Å². The molecular weight excluding hydrogens is 206 g/mol. The molecule has 0 amide bonds. The molecule has 2 heterocycles. The standard InChI is InChI=1S/C11H15N3O2/c1-8(7-12)6-10-13-11(14-16-10)9-2-4-15-5-3-9/h8-9H,2-6H2,1H3. The first-order valence-corrected chi connectivity index (χ1v) is 5.59. The SMILES string of the molecule is CC(C#N)Cc1nc(C2CCOCC2)no1. The molecule has 0 aliphatic carbocycles. The third kappa shape index (κ3) is 2.58. The van der Waals surface area contributed by atoms with E-state index in [1.54, 1.807) is 0 Å². The van der Waals surface area contributed by atoms with Crippen molar-refractivity contribution in [2.45, 2.75) is 32.1 Å². The van der Waals surface area contributed by atoms with Crippen LogP contribution in [0.3, 0.4) is 0 Å². The number of hydrogen-bond acceptors (Lipinski definition) is 5. The van der Waals surface area contributed by atoms with Gasteiger partial charge in [0.15, 0.2) is 5.82 Å². The maximum Gasteiger partial charge on any atom is 0.227 e. The molecule has 1 unspecified atom stereocenters. The molecule has 1 fully saturated rings. The van der Waals surface area contributed by atoms with E-state index in [0.717, 1.165) is 31.9 Å². The van der Waals surface area contributed by atoms with Crippen molar-refractivity contribution in [3.63, 3.8) is 0 Å². The van der Waals surface area contributed by atoms with Gasteiger partial charge in [0.05, 0.1) is 12.0 Å². The lowest BCUT2D eigenvalue weighted by atomic mass is 10.00. The summed E-state index contributed by atoms with van der Waals surface area (Å²) in [5, 5.41) is 12.7. The van der Waals surface area contributed by atoms with Gasteiger partial charge in [0.1, 0.15) is 0 Å². The Hall–Kier alpha value is -1.41. The highest BCUT2D eigenvalue weighted by molar-refractivity contribution is 4.98. The fourth-order valence-corrected chi connectivity index (χ4v) is 1.78. The maximum absolute atomic E-state index is 8.70. The van der Waals surface area contributed by atoms with Gasteiger partial charge in [0, 0.05) is 25.6 Å². The van der Waals surface area contributed by atoms with Crippen molar-refractivity contribution in [2.75, 3.05) is 13.2 Å². The first-order chi connectivity index (χ1) is 7.79. The molecule has 0 radical (unpaired) electrons. The van der Waals surface area contributed by atoms with E-state index in [4.69, 9.17) is 14.5 Å². The Balaban J connectivity index is 1.98. The van der Waals surface area contributed by atoms with E-state index in [2.05, 4.69) is 16.2 Å². The summed E-state index contributed by atoms with van der Waals surface area (Å²) >= 11 is 0. The Morgan fingerprint density at radius 1 is 1.50 bits per heavy atom. The Bertz CT molecular complexity index is 377. The summed E-state index contributed by atoms with van der Waals surface area (Å²) in [7, 11) is 0. The zero-order chi connectivity index (χ0) is 11.4. The van der Waals surface area contributed by atoms with E-state index in [0.29, 0.717) is 18.2 Å². The van der Waals surface area contributed by atoms with Gasteiger partial charge in [-0.15, -0.1) is 0 Å². The molecule has 1 aliphatic rings. The lowest BCUT2D eigenvalue weighted by Crippen LogP contribution is -2.15. The van der Waals surface area contributed by atoms with Gasteiger partial charge < -0.3 is 9.26 Å². The normalized spacial score (nSPS) is 19.2. The van der Waals surface area contributed by atoms with E-state index < -0.39 is 0 Å². The van der Waals surface area contributed by atoms with Gasteiger partial charge in [-0.1, -0.05) is 5.16 Å². The van der Waals surface area contributed by atoms with Gasteiger partial charge in [-0.25, -0.2) is 0 Å². The van der Waals surface area contributed by atoms with Gasteiger partial charge in [-0.2, -0.15) is 10.2 Å². The molecule has 86 valence electrons. The summed E-state index contributed by atoms with van der Waals surface area (Å²) < 4.78 is 10.4. The van der Waals surface area contributed by atoms with Crippen molar-refractivity contribution < 1.29 is 9.26 Å². The van der Waals surface area contributed by atoms with Crippen LogP contribution in [0.25, 0.3) is 0 Å². The first kappa shape index (κ1) is 11.1. The van der Waals surface area contributed by atoms with Crippen molar-refractivity contribution in [1.82, 2.24) is 10.1 Å². The highest BCUT2D eigenvalue weighted by Crippen LogP contribution is 2.24. The Morgan fingerprint density at radius 2 is 2.25 bits per heavy atom. The quantitative estimate of drug-likeness (QED) is 0.776. The van der Waals surface area contributed by atoms with E-state index in [9.17, 15) is 0 Å². The summed E-state index contributed by atoms with van der Waals surface area (Å²) in [6, 6.07) is 2.15. The molecule has 2 rings (SSSR count). The third-order valence-corrected chi connectivity index (χ3v) is 2.77. The summed E-state index contributed by atoms with van der Waals surface area (Å²) in [5.74, 6) is 1.60. The van der Waals surface area contributed by atoms with Crippen molar-refractivity contribution in [1.29, 1.82) is 5.26 Å². The molecule has 1 saturated heterocycles. The second-order valence-electron chi connectivity index (χ2n) is 4.17. The second-order valence-corrected chi connectivity index (χ2v) is 4.17. The summed E-state index contributed by atoms with van der Waals surface area (Å²) in [5.41, 5.74) is 0. The van der Waals surface area contributed by atoms with Gasteiger partial charge in [-0.3, -0.25) is 0 Å². The zero-order valence-corrected chi connectivity index (χ0v) is 9.35. The Morgan fingerprint density at radius 3 is 2.94 bits per heavy atom. The lowest BCUT2D eigenvalue weighted by molar-refractivity contribution is 0.0830. The number of hydrogen-bond donors (Lipinski definition) is 0. The third-order valence-electron chi connectivity index (χ3n) is 2.77. The van der Waals surface area contributed by atoms with Crippen LogP contribution in [0, 0.1) is 17.2 Å². The fourth-order valence-electron chi connectivity index (χ4n) is 1.78. The van der Waals surface area contributed by atoms with Crippen molar-refractivity contribution in [3.8, 4) is 6.07 Å². The van der Waals surface area contributed by atoms with Gasteiger partial charge in [0.25, 0.3) is 0 Å². The Labute approximate surface area is 94.4 Å². The summed E-state index contributed by atoms with van der Waals surface area (Å²) in [4.78, 5) is 4.34. The molecule has 0 N–H and O–H groups in total. The molecule has 0 spiro atoms. The largest absolute Gasteiger partial charge is 0.381 e. The number of rotatable bonds is 3. The predicted octanol–water partition coefficient (Wildman–Crippen LogP) is 1.67. The van der Waals surface area contributed by atoms with Crippen LogP contribution in [0.4, 0.5) is 0 Å². The topological polar surface area (TPSA) is 71.9 Å². The minimum atomic E-state index is -0.0806. The molecule has 0 aromatic carbocycles. The molecule has 1 atom stereocenters. The monoisotopic (exact) mass is 221 g/mol. The lowest BCUT2D eigenvalue weighted by Gasteiger charge is -2.18. The van der Waals surface area contributed by atoms with Crippen LogP contribution in [-0.4, -0.2) is 23.4 Å². The average molecular weight is 221 g/mol. The smallest absolute Gasteiger partial charge is 0.227 e. The summed E-state index contributed by atoms with van der Waals surface area (Å²) in [6.07, 6.45) is 2.44. The van der Waals surface area contributed by atoms with E-state index >= 15 is 0 Å². The highest BCUT2D eigenvalue weighted by atomic mass is 16.5. The van der Waals surface area contributed by atoms with Crippen LogP contribution in [0.15, 0.2) is 4.52 Å². The van der Waals surface area contributed by atoms with E-state index in [1.807, 2.05) is 6.92 Å². The van der Waals surface area contributed by atoms with Crippen LogP contribution in [0.2, 0.25) is 0 Å². The molecule has 0 saturated carbocycles. The fraction of sp³-hybridized carbons (Fsp3) is 0.727. The Kier molecular flexibility index (Phi) is 3.52. The molecule has 5 heteroatoms. The molecule has 0 bridgehead atoms. The predicted molar refractivity (Wildman–Crippen MR) is 55.6 cm³/mol. The van der Waals surface area contributed by atoms with Crippen molar-refractivity contribution >= 4 is 0 Å². The van der Waals surface area contributed by atoms with Gasteiger partial charge >= 0.3 is 0 Å². The maximum atomic E-state index is 8.70. The second kappa shape index (κ2) is 5.08. The van der Waals surface area contributed by atoms with E-state index in [1.165, 1.54) is 0 Å². The minimum Gasteiger partial charge on any atom is -0.381 e. The summed E-state index contributed by atoms with van der Waals surface area (Å²) in [6.45, 7) is 3.38. The molecule has 5 nitrogen and oxygen atoms in total. The van der Waals surface area contributed by atoms with Crippen LogP contribution < -0.4 is 0 Å². The number of nitrogens with zero attached hydrogens (tertiary/aromatic N) is 3. The van der Waals surface area contributed by atoms with Gasteiger partial charge in [-0.05, 0) is 19.8 Å². The van der Waals surface area contributed by atoms with Crippen molar-refractivity contribution in [3.05, 3.63) is 11.7 Å². The molecule has 1 aliphatic heterocycles. The molecule has 1 aromatic heterocycles. The first-order valence-electron chi connectivity index (χ1n) is 5.59. The number of ether oxygens (including phenoxy) is 1. The number of nitriles is 1. The van der Waals surface area contributed by atoms with E-state index in [-0.39, 0.29) is 5.92 Å². The van der Waals surface area contributed by atoms with Crippen molar-refractivity contribution in [2.24, 2.45) is 5.92 Å². The molecule has 16 heavy (non-hydrogen) atoms. The van der Waals surface area contributed by atoms with Crippen LogP contribution in [0.1, 0.15) is 37.4 Å². The number of aromatic nitrogens is 2. The molecular formula is C11H15N3O2.